The molecular weight excluding hydrogens is 450 g/mol. The zero-order valence-corrected chi connectivity index (χ0v) is 18.3. The van der Waals surface area contributed by atoms with Crippen molar-refractivity contribution >= 4 is 29.3 Å². The minimum absolute atomic E-state index is 0.138. The van der Waals surface area contributed by atoms with Crippen molar-refractivity contribution in [2.24, 2.45) is 0 Å². The average molecular weight is 469 g/mol. The van der Waals surface area contributed by atoms with Crippen LogP contribution in [0.2, 0.25) is 5.02 Å². The van der Waals surface area contributed by atoms with Crippen LogP contribution in [-0.2, 0) is 11.4 Å². The first-order valence-corrected chi connectivity index (χ1v) is 10.3. The van der Waals surface area contributed by atoms with E-state index in [-0.39, 0.29) is 28.8 Å². The van der Waals surface area contributed by atoms with Crippen LogP contribution < -0.4 is 14.8 Å². The van der Waals surface area contributed by atoms with Gasteiger partial charge in [0.05, 0.1) is 11.6 Å². The van der Waals surface area contributed by atoms with Gasteiger partial charge in [-0.15, -0.1) is 0 Å². The van der Waals surface area contributed by atoms with E-state index in [9.17, 15) is 18.8 Å². The summed E-state index contributed by atoms with van der Waals surface area (Å²) in [5.41, 5.74) is 1.35. The van der Waals surface area contributed by atoms with Crippen molar-refractivity contribution in [3.05, 3.63) is 94.0 Å². The molecule has 5 nitrogen and oxygen atoms in total. The van der Waals surface area contributed by atoms with Crippen LogP contribution in [0.1, 0.15) is 18.1 Å². The number of benzene rings is 3. The van der Waals surface area contributed by atoms with Gasteiger partial charge in [-0.05, 0) is 72.7 Å². The van der Waals surface area contributed by atoms with Gasteiger partial charge in [0.2, 0.25) is 0 Å². The first-order valence-electron chi connectivity index (χ1n) is 9.92. The van der Waals surface area contributed by atoms with Crippen LogP contribution in [0.25, 0.3) is 6.08 Å². The second-order valence-corrected chi connectivity index (χ2v) is 7.22. The van der Waals surface area contributed by atoms with E-state index in [0.29, 0.717) is 23.6 Å². The Balaban J connectivity index is 1.83. The van der Waals surface area contributed by atoms with E-state index in [1.165, 1.54) is 48.5 Å². The van der Waals surface area contributed by atoms with Gasteiger partial charge in [0.15, 0.2) is 11.5 Å². The third-order valence-corrected chi connectivity index (χ3v) is 4.69. The van der Waals surface area contributed by atoms with Gasteiger partial charge in [0, 0.05) is 5.69 Å². The van der Waals surface area contributed by atoms with Gasteiger partial charge in [-0.1, -0.05) is 23.7 Å². The zero-order chi connectivity index (χ0) is 23.8. The second kappa shape index (κ2) is 11.1. The molecule has 0 aliphatic carbocycles. The lowest BCUT2D eigenvalue weighted by molar-refractivity contribution is -0.112. The molecular formula is C25H19ClF2N2O3. The van der Waals surface area contributed by atoms with E-state index < -0.39 is 11.7 Å². The number of carbonyl (C=O) groups is 1. The van der Waals surface area contributed by atoms with Gasteiger partial charge in [-0.2, -0.15) is 5.26 Å². The molecule has 8 heteroatoms. The van der Waals surface area contributed by atoms with Crippen LogP contribution in [0, 0.1) is 23.0 Å². The van der Waals surface area contributed by atoms with Crippen LogP contribution in [-0.4, -0.2) is 12.5 Å². The summed E-state index contributed by atoms with van der Waals surface area (Å²) in [6.45, 7) is 2.25. The van der Waals surface area contributed by atoms with E-state index in [1.54, 1.807) is 25.1 Å². The Bertz CT molecular complexity index is 1200. The summed E-state index contributed by atoms with van der Waals surface area (Å²) < 4.78 is 37.6. The minimum Gasteiger partial charge on any atom is -0.490 e. The van der Waals surface area contributed by atoms with Crippen LogP contribution in [0.15, 0.2) is 66.2 Å². The molecule has 3 aromatic carbocycles. The molecule has 0 saturated carbocycles. The highest BCUT2D eigenvalue weighted by atomic mass is 35.5. The van der Waals surface area contributed by atoms with E-state index in [4.69, 9.17) is 21.1 Å². The lowest BCUT2D eigenvalue weighted by Crippen LogP contribution is -2.13. The first kappa shape index (κ1) is 23.8. The Morgan fingerprint density at radius 2 is 1.70 bits per heavy atom. The molecule has 0 fully saturated rings. The molecule has 3 aromatic rings. The first-order chi connectivity index (χ1) is 15.9. The number of nitrogens with one attached hydrogen (secondary N) is 1. The maximum atomic E-state index is 13.1. The van der Waals surface area contributed by atoms with E-state index in [1.807, 2.05) is 6.07 Å². The topological polar surface area (TPSA) is 71.3 Å². The Hall–Kier alpha value is -3.89. The van der Waals surface area contributed by atoms with Gasteiger partial charge in [0.25, 0.3) is 5.91 Å². The SMILES string of the molecule is CCOc1cc(/C=C(\C#N)C(=O)Nc2ccc(F)cc2)cc(Cl)c1OCc1ccc(F)cc1. The van der Waals surface area contributed by atoms with Crippen molar-refractivity contribution in [3.8, 4) is 17.6 Å². The molecule has 0 aliphatic rings. The number of anilines is 1. The van der Waals surface area contributed by atoms with E-state index in [2.05, 4.69) is 5.32 Å². The number of rotatable bonds is 8. The molecule has 168 valence electrons. The third kappa shape index (κ3) is 6.55. The van der Waals surface area contributed by atoms with E-state index >= 15 is 0 Å². The largest absolute Gasteiger partial charge is 0.490 e. The Morgan fingerprint density at radius 1 is 1.06 bits per heavy atom. The van der Waals surface area contributed by atoms with Gasteiger partial charge < -0.3 is 14.8 Å². The molecule has 0 atom stereocenters. The summed E-state index contributed by atoms with van der Waals surface area (Å²) in [4.78, 5) is 12.5. The summed E-state index contributed by atoms with van der Waals surface area (Å²) in [7, 11) is 0. The van der Waals surface area contributed by atoms with Gasteiger partial charge in [-0.25, -0.2) is 8.78 Å². The molecule has 0 saturated heterocycles. The fourth-order valence-corrected chi connectivity index (χ4v) is 3.13. The van der Waals surface area contributed by atoms with Gasteiger partial charge >= 0.3 is 0 Å². The molecule has 3 rings (SSSR count). The van der Waals surface area contributed by atoms with Crippen LogP contribution in [0.3, 0.4) is 0 Å². The average Bonchev–Trinajstić information content (AvgIpc) is 2.79. The predicted molar refractivity (Wildman–Crippen MR) is 122 cm³/mol. The van der Waals surface area contributed by atoms with Crippen LogP contribution in [0.5, 0.6) is 11.5 Å². The molecule has 0 radical (unpaired) electrons. The van der Waals surface area contributed by atoms with Gasteiger partial charge in [0.1, 0.15) is 29.9 Å². The van der Waals surface area contributed by atoms with Crippen molar-refractivity contribution in [2.45, 2.75) is 13.5 Å². The molecule has 0 unspecified atom stereocenters. The number of nitriles is 1. The highest BCUT2D eigenvalue weighted by Crippen LogP contribution is 2.38. The highest BCUT2D eigenvalue weighted by molar-refractivity contribution is 6.32. The smallest absolute Gasteiger partial charge is 0.266 e. The van der Waals surface area contributed by atoms with Crippen molar-refractivity contribution in [1.29, 1.82) is 5.26 Å². The number of nitrogens with zero attached hydrogens (tertiary/aromatic N) is 1. The van der Waals surface area contributed by atoms with Crippen molar-refractivity contribution in [2.75, 3.05) is 11.9 Å². The number of carbonyl (C=O) groups excluding carboxylic acids is 1. The lowest BCUT2D eigenvalue weighted by atomic mass is 10.1. The number of ether oxygens (including phenoxy) is 2. The number of hydrogen-bond donors (Lipinski definition) is 1. The van der Waals surface area contributed by atoms with Crippen molar-refractivity contribution < 1.29 is 23.0 Å². The second-order valence-electron chi connectivity index (χ2n) is 6.81. The van der Waals surface area contributed by atoms with Crippen LogP contribution >= 0.6 is 11.6 Å². The Kier molecular flexibility index (Phi) is 8.01. The summed E-state index contributed by atoms with van der Waals surface area (Å²) in [6.07, 6.45) is 1.36. The van der Waals surface area contributed by atoms with Crippen molar-refractivity contribution in [3.63, 3.8) is 0 Å². The minimum atomic E-state index is -0.658. The number of amides is 1. The van der Waals surface area contributed by atoms with Gasteiger partial charge in [-0.3, -0.25) is 4.79 Å². The predicted octanol–water partition coefficient (Wildman–Crippen LogP) is 6.14. The maximum absolute atomic E-state index is 13.1. The third-order valence-electron chi connectivity index (χ3n) is 4.41. The normalized spacial score (nSPS) is 10.9. The fraction of sp³-hybridized carbons (Fsp3) is 0.120. The standard InChI is InChI=1S/C25H19ClF2N2O3/c1-2-32-23-13-17(11-18(14-29)25(31)30-21-9-7-20(28)8-10-21)12-22(26)24(23)33-15-16-3-5-19(27)6-4-16/h3-13H,2,15H2,1H3,(H,30,31)/b18-11+. The van der Waals surface area contributed by atoms with Crippen LogP contribution in [0.4, 0.5) is 14.5 Å². The molecule has 0 bridgehead atoms. The lowest BCUT2D eigenvalue weighted by Gasteiger charge is -2.15. The number of hydrogen-bond acceptors (Lipinski definition) is 4. The monoisotopic (exact) mass is 468 g/mol. The highest BCUT2D eigenvalue weighted by Gasteiger charge is 2.15. The quantitative estimate of drug-likeness (QED) is 0.318. The summed E-state index contributed by atoms with van der Waals surface area (Å²) in [6, 6.07) is 16.0. The molecule has 0 aliphatic heterocycles. The Labute approximate surface area is 194 Å². The Morgan fingerprint density at radius 3 is 2.30 bits per heavy atom. The fourth-order valence-electron chi connectivity index (χ4n) is 2.86. The zero-order valence-electron chi connectivity index (χ0n) is 17.6. The maximum Gasteiger partial charge on any atom is 0.266 e. The summed E-state index contributed by atoms with van der Waals surface area (Å²) in [5, 5.41) is 12.2. The molecule has 1 N–H and O–H groups in total. The molecule has 0 aromatic heterocycles. The van der Waals surface area contributed by atoms with E-state index in [0.717, 1.165) is 5.56 Å². The number of halogens is 3. The van der Waals surface area contributed by atoms with Crippen molar-refractivity contribution in [1.82, 2.24) is 0 Å². The summed E-state index contributed by atoms with van der Waals surface area (Å²) in [5.74, 6) is -0.831. The summed E-state index contributed by atoms with van der Waals surface area (Å²) >= 11 is 6.40. The molecule has 0 spiro atoms. The molecule has 1 amide bonds. The molecule has 0 heterocycles. The molecule has 33 heavy (non-hydrogen) atoms.